The summed E-state index contributed by atoms with van der Waals surface area (Å²) in [6.45, 7) is 3.81. The number of rotatable bonds is 7. The van der Waals surface area contributed by atoms with E-state index >= 15 is 0 Å². The molecule has 0 fully saturated rings. The number of halogens is 1. The zero-order valence-electron chi connectivity index (χ0n) is 17.4. The molecule has 0 aliphatic heterocycles. The Kier molecular flexibility index (Phi) is 5.73. The van der Waals surface area contributed by atoms with Crippen LogP contribution in [0.15, 0.2) is 71.8 Å². The molecule has 0 saturated carbocycles. The van der Waals surface area contributed by atoms with E-state index in [2.05, 4.69) is 10.2 Å². The Labute approximate surface area is 181 Å². The predicted octanol–water partition coefficient (Wildman–Crippen LogP) is 4.39. The van der Waals surface area contributed by atoms with Crippen LogP contribution in [0.25, 0.3) is 5.65 Å². The lowest BCUT2D eigenvalue weighted by molar-refractivity contribution is 0.585. The van der Waals surface area contributed by atoms with Crippen LogP contribution in [0.4, 0.5) is 10.1 Å². The van der Waals surface area contributed by atoms with Crippen LogP contribution in [0, 0.1) is 5.82 Å². The molecule has 2 aromatic carbocycles. The van der Waals surface area contributed by atoms with Gasteiger partial charge in [-0.1, -0.05) is 44.2 Å². The second-order valence-corrected chi connectivity index (χ2v) is 8.99. The number of anilines is 1. The molecule has 0 amide bonds. The lowest BCUT2D eigenvalue weighted by Gasteiger charge is -2.25. The van der Waals surface area contributed by atoms with Crippen molar-refractivity contribution in [1.82, 2.24) is 14.6 Å². The van der Waals surface area contributed by atoms with Crippen LogP contribution in [0.2, 0.25) is 0 Å². The highest BCUT2D eigenvalue weighted by atomic mass is 32.2. The molecule has 0 aliphatic rings. The second-order valence-electron chi connectivity index (χ2n) is 7.16. The van der Waals surface area contributed by atoms with Gasteiger partial charge in [-0.3, -0.25) is 8.71 Å². The lowest BCUT2D eigenvalue weighted by Crippen LogP contribution is -2.31. The van der Waals surface area contributed by atoms with Gasteiger partial charge in [-0.2, -0.15) is 0 Å². The van der Waals surface area contributed by atoms with E-state index in [-0.39, 0.29) is 22.7 Å². The Hall–Kier alpha value is -3.26. The first-order valence-electron chi connectivity index (χ1n) is 10.1. The van der Waals surface area contributed by atoms with Crippen molar-refractivity contribution in [3.63, 3.8) is 0 Å². The summed E-state index contributed by atoms with van der Waals surface area (Å²) in [5.41, 5.74) is 2.08. The fourth-order valence-electron chi connectivity index (χ4n) is 3.49. The maximum absolute atomic E-state index is 14.4. The third-order valence-electron chi connectivity index (χ3n) is 5.26. The van der Waals surface area contributed by atoms with Crippen molar-refractivity contribution < 1.29 is 12.8 Å². The normalized spacial score (nSPS) is 11.7. The molecular formula is C23H23FN4O2S. The molecule has 4 rings (SSSR count). The molecule has 0 unspecified atom stereocenters. The molecule has 160 valence electrons. The fraction of sp³-hybridized carbons (Fsp3) is 0.217. The van der Waals surface area contributed by atoms with Crippen LogP contribution in [-0.4, -0.2) is 23.0 Å². The van der Waals surface area contributed by atoms with Gasteiger partial charge in [-0.25, -0.2) is 12.8 Å². The van der Waals surface area contributed by atoms with Crippen LogP contribution >= 0.6 is 0 Å². The van der Waals surface area contributed by atoms with Gasteiger partial charge >= 0.3 is 0 Å². The highest BCUT2D eigenvalue weighted by Crippen LogP contribution is 2.29. The SMILES string of the molecule is CCc1ccc(N(Cc2ccccc2F)S(=O)(=O)c2cccn3c(CC)nnc23)cc1. The van der Waals surface area contributed by atoms with Crippen molar-refractivity contribution in [2.24, 2.45) is 0 Å². The zero-order chi connectivity index (χ0) is 22.0. The highest BCUT2D eigenvalue weighted by Gasteiger charge is 2.29. The smallest absolute Gasteiger partial charge is 0.268 e. The highest BCUT2D eigenvalue weighted by molar-refractivity contribution is 7.93. The molecule has 4 aromatic rings. The third kappa shape index (κ3) is 3.90. The van der Waals surface area contributed by atoms with E-state index in [4.69, 9.17) is 0 Å². The number of benzene rings is 2. The first kappa shape index (κ1) is 21.0. The Bertz CT molecular complexity index is 1320. The predicted molar refractivity (Wildman–Crippen MR) is 118 cm³/mol. The van der Waals surface area contributed by atoms with Crippen LogP contribution in [0.1, 0.15) is 30.8 Å². The molecule has 2 heterocycles. The number of hydrogen-bond donors (Lipinski definition) is 0. The molecule has 6 nitrogen and oxygen atoms in total. The van der Waals surface area contributed by atoms with Gasteiger partial charge in [0.15, 0.2) is 5.65 Å². The van der Waals surface area contributed by atoms with Crippen molar-refractivity contribution in [2.75, 3.05) is 4.31 Å². The Morgan fingerprint density at radius 3 is 2.35 bits per heavy atom. The van der Waals surface area contributed by atoms with E-state index in [1.165, 1.54) is 16.4 Å². The maximum atomic E-state index is 14.4. The minimum absolute atomic E-state index is 0.0260. The van der Waals surface area contributed by atoms with Gasteiger partial charge in [0, 0.05) is 18.2 Å². The van der Waals surface area contributed by atoms with Crippen LogP contribution < -0.4 is 4.31 Å². The number of sulfonamides is 1. The molecule has 31 heavy (non-hydrogen) atoms. The van der Waals surface area contributed by atoms with Crippen LogP contribution in [-0.2, 0) is 29.4 Å². The van der Waals surface area contributed by atoms with Crippen molar-refractivity contribution in [2.45, 2.75) is 38.1 Å². The van der Waals surface area contributed by atoms with Crippen LogP contribution in [0.3, 0.4) is 0 Å². The maximum Gasteiger partial charge on any atom is 0.268 e. The van der Waals surface area contributed by atoms with Gasteiger partial charge in [0.05, 0.1) is 12.2 Å². The zero-order valence-corrected chi connectivity index (χ0v) is 18.2. The van der Waals surface area contributed by atoms with E-state index in [0.29, 0.717) is 17.9 Å². The third-order valence-corrected chi connectivity index (χ3v) is 7.05. The second kappa shape index (κ2) is 8.47. The van der Waals surface area contributed by atoms with E-state index in [9.17, 15) is 12.8 Å². The molecule has 0 saturated heterocycles. The summed E-state index contributed by atoms with van der Waals surface area (Å²) >= 11 is 0. The molecule has 0 aliphatic carbocycles. The van der Waals surface area contributed by atoms with E-state index < -0.39 is 15.8 Å². The Morgan fingerprint density at radius 2 is 1.68 bits per heavy atom. The summed E-state index contributed by atoms with van der Waals surface area (Å²) in [5.74, 6) is 0.210. The van der Waals surface area contributed by atoms with Crippen molar-refractivity contribution in [3.05, 3.63) is 89.6 Å². The molecule has 0 bridgehead atoms. The van der Waals surface area contributed by atoms with Gasteiger partial charge in [-0.05, 0) is 42.3 Å². The Balaban J connectivity index is 1.87. The lowest BCUT2D eigenvalue weighted by atomic mass is 10.1. The fourth-order valence-corrected chi connectivity index (χ4v) is 5.06. The monoisotopic (exact) mass is 438 g/mol. The van der Waals surface area contributed by atoms with Gasteiger partial charge in [0.1, 0.15) is 16.5 Å². The molecule has 0 radical (unpaired) electrons. The average molecular weight is 439 g/mol. The number of fused-ring (bicyclic) bond motifs is 1. The average Bonchev–Trinajstić information content (AvgIpc) is 3.22. The summed E-state index contributed by atoms with van der Waals surface area (Å²) in [4.78, 5) is 0.0260. The number of pyridine rings is 1. The molecule has 2 aromatic heterocycles. The molecule has 8 heteroatoms. The van der Waals surface area contributed by atoms with Crippen molar-refractivity contribution >= 4 is 21.4 Å². The number of aromatic nitrogens is 3. The minimum atomic E-state index is -4.07. The summed E-state index contributed by atoms with van der Waals surface area (Å²) in [5, 5.41) is 8.23. The van der Waals surface area contributed by atoms with Gasteiger partial charge < -0.3 is 0 Å². The topological polar surface area (TPSA) is 67.6 Å². The molecule has 0 N–H and O–H groups in total. The number of aryl methyl sites for hydroxylation is 2. The number of hydrogen-bond acceptors (Lipinski definition) is 4. The summed E-state index contributed by atoms with van der Waals surface area (Å²) < 4.78 is 45.0. The van der Waals surface area contributed by atoms with E-state index in [1.54, 1.807) is 47.0 Å². The van der Waals surface area contributed by atoms with E-state index in [1.807, 2.05) is 26.0 Å². The summed E-state index contributed by atoms with van der Waals surface area (Å²) in [6.07, 6.45) is 3.19. The van der Waals surface area contributed by atoms with Crippen LogP contribution in [0.5, 0.6) is 0 Å². The van der Waals surface area contributed by atoms with Gasteiger partial charge in [0.2, 0.25) is 0 Å². The van der Waals surface area contributed by atoms with E-state index in [0.717, 1.165) is 12.0 Å². The summed E-state index contributed by atoms with van der Waals surface area (Å²) in [6, 6.07) is 16.6. The number of nitrogens with zero attached hydrogens (tertiary/aromatic N) is 4. The first-order chi connectivity index (χ1) is 15.0. The van der Waals surface area contributed by atoms with Gasteiger partial charge in [0.25, 0.3) is 10.0 Å². The Morgan fingerprint density at radius 1 is 0.935 bits per heavy atom. The molecule has 0 atom stereocenters. The summed E-state index contributed by atoms with van der Waals surface area (Å²) in [7, 11) is -4.07. The molecule has 0 spiro atoms. The molecular weight excluding hydrogens is 415 g/mol. The van der Waals surface area contributed by atoms with Gasteiger partial charge in [-0.15, -0.1) is 10.2 Å². The largest absolute Gasteiger partial charge is 0.285 e. The minimum Gasteiger partial charge on any atom is -0.285 e. The standard InChI is InChI=1S/C23H23FN4O2S/c1-3-17-11-13-19(14-12-17)28(16-18-8-5-6-9-20(18)24)31(29,30)21-10-7-15-27-22(4-2)25-26-23(21)27/h5-15H,3-4,16H2,1-2H3. The first-order valence-corrected chi connectivity index (χ1v) is 11.6. The quantitative estimate of drug-likeness (QED) is 0.429. The van der Waals surface area contributed by atoms with Crippen molar-refractivity contribution in [1.29, 1.82) is 0 Å². The van der Waals surface area contributed by atoms with Crippen molar-refractivity contribution in [3.8, 4) is 0 Å².